The van der Waals surface area contributed by atoms with Crippen molar-refractivity contribution < 1.29 is 9.60 Å². The van der Waals surface area contributed by atoms with Crippen LogP contribution in [0, 0.1) is 5.82 Å². The minimum atomic E-state index is -0.512. The number of halogens is 1. The van der Waals surface area contributed by atoms with Crippen LogP contribution in [0.1, 0.15) is 5.56 Å². The van der Waals surface area contributed by atoms with Gasteiger partial charge in [-0.1, -0.05) is 17.3 Å². The number of hydrogen-bond acceptors (Lipinski definition) is 5. The molecule has 0 aliphatic carbocycles. The third-order valence-electron chi connectivity index (χ3n) is 2.56. The average molecular weight is 261 g/mol. The van der Waals surface area contributed by atoms with Gasteiger partial charge in [-0.2, -0.15) is 0 Å². The molecule has 0 amide bonds. The standard InChI is InChI=1S/C12H12FN5O/c1-18(12-15-6-8(13)7-16-12)10-5-3-2-4-9(10)11(14)17-19/h2-7,19H,1H3,(H2,14,17). The summed E-state index contributed by atoms with van der Waals surface area (Å²) in [6, 6.07) is 7.02. The second-order valence-electron chi connectivity index (χ2n) is 3.76. The number of oxime groups is 1. The number of hydrogen-bond donors (Lipinski definition) is 2. The summed E-state index contributed by atoms with van der Waals surface area (Å²) < 4.78 is 12.8. The molecule has 98 valence electrons. The van der Waals surface area contributed by atoms with Gasteiger partial charge in [-0.05, 0) is 12.1 Å². The number of anilines is 2. The first-order valence-corrected chi connectivity index (χ1v) is 5.41. The van der Waals surface area contributed by atoms with Crippen LogP contribution in [-0.4, -0.2) is 28.1 Å². The van der Waals surface area contributed by atoms with Crippen LogP contribution < -0.4 is 10.6 Å². The summed E-state index contributed by atoms with van der Waals surface area (Å²) >= 11 is 0. The lowest BCUT2D eigenvalue weighted by Gasteiger charge is -2.19. The Morgan fingerprint density at radius 1 is 1.32 bits per heavy atom. The third-order valence-corrected chi connectivity index (χ3v) is 2.56. The van der Waals surface area contributed by atoms with E-state index in [0.29, 0.717) is 17.2 Å². The lowest BCUT2D eigenvalue weighted by molar-refractivity contribution is 0.318. The molecule has 1 aromatic carbocycles. The molecule has 0 radical (unpaired) electrons. The van der Waals surface area contributed by atoms with Gasteiger partial charge in [-0.3, -0.25) is 0 Å². The average Bonchev–Trinajstić information content (AvgIpc) is 2.46. The van der Waals surface area contributed by atoms with Crippen molar-refractivity contribution in [3.8, 4) is 0 Å². The fourth-order valence-corrected chi connectivity index (χ4v) is 1.62. The Kier molecular flexibility index (Phi) is 3.56. The molecule has 0 fully saturated rings. The van der Waals surface area contributed by atoms with Crippen LogP contribution in [0.3, 0.4) is 0 Å². The predicted molar refractivity (Wildman–Crippen MR) is 69.0 cm³/mol. The van der Waals surface area contributed by atoms with E-state index in [0.717, 1.165) is 12.4 Å². The van der Waals surface area contributed by atoms with Crippen molar-refractivity contribution in [2.24, 2.45) is 10.9 Å². The van der Waals surface area contributed by atoms with Crippen molar-refractivity contribution in [1.29, 1.82) is 0 Å². The Labute approximate surface area is 109 Å². The minimum absolute atomic E-state index is 0.0236. The number of aromatic nitrogens is 2. The largest absolute Gasteiger partial charge is 0.409 e. The number of benzene rings is 1. The molecule has 0 saturated heterocycles. The van der Waals surface area contributed by atoms with Gasteiger partial charge in [0.25, 0.3) is 0 Å². The number of para-hydroxylation sites is 1. The predicted octanol–water partition coefficient (Wildman–Crippen LogP) is 1.48. The van der Waals surface area contributed by atoms with Crippen LogP contribution in [0.4, 0.5) is 16.0 Å². The Morgan fingerprint density at radius 3 is 2.58 bits per heavy atom. The van der Waals surface area contributed by atoms with E-state index in [9.17, 15) is 4.39 Å². The highest BCUT2D eigenvalue weighted by Gasteiger charge is 2.13. The van der Waals surface area contributed by atoms with Crippen LogP contribution in [0.5, 0.6) is 0 Å². The van der Waals surface area contributed by atoms with Crippen LogP contribution in [0.15, 0.2) is 41.8 Å². The van der Waals surface area contributed by atoms with Gasteiger partial charge in [0.2, 0.25) is 5.95 Å². The van der Waals surface area contributed by atoms with E-state index in [1.54, 1.807) is 36.2 Å². The van der Waals surface area contributed by atoms with Gasteiger partial charge < -0.3 is 15.8 Å². The molecule has 1 heterocycles. The molecule has 0 spiro atoms. The fraction of sp³-hybridized carbons (Fsp3) is 0.0833. The van der Waals surface area contributed by atoms with Crippen molar-refractivity contribution in [3.05, 3.63) is 48.0 Å². The third kappa shape index (κ3) is 2.59. The molecular weight excluding hydrogens is 249 g/mol. The first-order valence-electron chi connectivity index (χ1n) is 5.41. The summed E-state index contributed by atoms with van der Waals surface area (Å²) in [5.74, 6) is -0.231. The van der Waals surface area contributed by atoms with Crippen LogP contribution in [0.2, 0.25) is 0 Å². The molecule has 0 atom stereocenters. The fourth-order valence-electron chi connectivity index (χ4n) is 1.62. The van der Waals surface area contributed by atoms with Crippen molar-refractivity contribution in [2.45, 2.75) is 0 Å². The molecule has 6 nitrogen and oxygen atoms in total. The Bertz CT molecular complexity index is 599. The van der Waals surface area contributed by atoms with Crippen molar-refractivity contribution in [3.63, 3.8) is 0 Å². The van der Waals surface area contributed by atoms with Gasteiger partial charge in [0, 0.05) is 12.6 Å². The molecule has 0 aliphatic heterocycles. The summed E-state index contributed by atoms with van der Waals surface area (Å²) in [6.07, 6.45) is 2.15. The van der Waals surface area contributed by atoms with Gasteiger partial charge in [0.05, 0.1) is 18.1 Å². The molecule has 7 heteroatoms. The summed E-state index contributed by atoms with van der Waals surface area (Å²) in [7, 11) is 1.71. The number of nitrogens with two attached hydrogens (primary N) is 1. The molecule has 19 heavy (non-hydrogen) atoms. The molecule has 2 aromatic rings. The molecule has 0 unspecified atom stereocenters. The number of amidine groups is 1. The minimum Gasteiger partial charge on any atom is -0.409 e. The topological polar surface area (TPSA) is 87.6 Å². The van der Waals surface area contributed by atoms with Gasteiger partial charge in [-0.15, -0.1) is 0 Å². The van der Waals surface area contributed by atoms with Crippen molar-refractivity contribution in [1.82, 2.24) is 9.97 Å². The van der Waals surface area contributed by atoms with Crippen LogP contribution in [0.25, 0.3) is 0 Å². The van der Waals surface area contributed by atoms with Crippen molar-refractivity contribution >= 4 is 17.5 Å². The quantitative estimate of drug-likeness (QED) is 0.378. The Hall–Kier alpha value is -2.70. The lowest BCUT2D eigenvalue weighted by atomic mass is 10.1. The molecule has 0 bridgehead atoms. The molecule has 0 saturated carbocycles. The normalized spacial score (nSPS) is 11.4. The molecule has 3 N–H and O–H groups in total. The first kappa shape index (κ1) is 12.7. The molecular formula is C12H12FN5O. The maximum absolute atomic E-state index is 12.8. The van der Waals surface area contributed by atoms with Crippen LogP contribution >= 0.6 is 0 Å². The van der Waals surface area contributed by atoms with E-state index in [2.05, 4.69) is 15.1 Å². The zero-order valence-electron chi connectivity index (χ0n) is 10.2. The molecule has 1 aromatic heterocycles. The van der Waals surface area contributed by atoms with E-state index in [4.69, 9.17) is 10.9 Å². The number of nitrogens with zero attached hydrogens (tertiary/aromatic N) is 4. The summed E-state index contributed by atoms with van der Waals surface area (Å²) in [6.45, 7) is 0. The monoisotopic (exact) mass is 261 g/mol. The zero-order chi connectivity index (χ0) is 13.8. The summed E-state index contributed by atoms with van der Waals surface area (Å²) in [5, 5.41) is 11.7. The smallest absolute Gasteiger partial charge is 0.229 e. The van der Waals surface area contributed by atoms with Crippen LogP contribution in [-0.2, 0) is 0 Å². The Morgan fingerprint density at radius 2 is 1.95 bits per heavy atom. The summed E-state index contributed by atoms with van der Waals surface area (Å²) in [4.78, 5) is 9.37. The van der Waals surface area contributed by atoms with E-state index >= 15 is 0 Å². The highest BCUT2D eigenvalue weighted by Crippen LogP contribution is 2.23. The van der Waals surface area contributed by atoms with E-state index in [-0.39, 0.29) is 5.84 Å². The maximum atomic E-state index is 12.8. The highest BCUT2D eigenvalue weighted by atomic mass is 19.1. The zero-order valence-corrected chi connectivity index (χ0v) is 10.2. The van der Waals surface area contributed by atoms with Gasteiger partial charge in [0.15, 0.2) is 11.7 Å². The summed E-state index contributed by atoms with van der Waals surface area (Å²) in [5.41, 5.74) is 6.78. The molecule has 0 aliphatic rings. The van der Waals surface area contributed by atoms with E-state index < -0.39 is 5.82 Å². The second kappa shape index (κ2) is 5.30. The van der Waals surface area contributed by atoms with Gasteiger partial charge >= 0.3 is 0 Å². The first-order chi connectivity index (χ1) is 9.13. The second-order valence-corrected chi connectivity index (χ2v) is 3.76. The highest BCUT2D eigenvalue weighted by molar-refractivity contribution is 6.02. The van der Waals surface area contributed by atoms with Gasteiger partial charge in [0.1, 0.15) is 0 Å². The Balaban J connectivity index is 2.44. The van der Waals surface area contributed by atoms with Crippen molar-refractivity contribution in [2.75, 3.05) is 11.9 Å². The van der Waals surface area contributed by atoms with Gasteiger partial charge in [-0.25, -0.2) is 14.4 Å². The number of rotatable bonds is 3. The van der Waals surface area contributed by atoms with E-state index in [1.165, 1.54) is 0 Å². The maximum Gasteiger partial charge on any atom is 0.229 e. The van der Waals surface area contributed by atoms with E-state index in [1.807, 2.05) is 0 Å². The molecule has 2 rings (SSSR count). The SMILES string of the molecule is CN(c1ncc(F)cn1)c1ccccc1/C(N)=N/O. The lowest BCUT2D eigenvalue weighted by Crippen LogP contribution is -2.20.